The average Bonchev–Trinajstić information content (AvgIpc) is 2.14. The molecule has 0 bridgehead atoms. The van der Waals surface area contributed by atoms with Crippen LogP contribution in [0.25, 0.3) is 0 Å². The molecule has 0 amide bonds. The van der Waals surface area contributed by atoms with E-state index >= 15 is 0 Å². The van der Waals surface area contributed by atoms with Crippen molar-refractivity contribution in [3.8, 4) is 0 Å². The van der Waals surface area contributed by atoms with Crippen molar-refractivity contribution < 1.29 is 4.79 Å². The molecule has 3 atom stereocenters. The van der Waals surface area contributed by atoms with E-state index in [1.807, 2.05) is 0 Å². The number of Topliss-reactive ketones (excluding diaryl/α,β-unsaturated/α-hetero) is 1. The van der Waals surface area contributed by atoms with Crippen LogP contribution < -0.4 is 0 Å². The summed E-state index contributed by atoms with van der Waals surface area (Å²) >= 11 is 0. The molecule has 0 aromatic heterocycles. The van der Waals surface area contributed by atoms with E-state index in [9.17, 15) is 4.79 Å². The normalized spacial score (nSPS) is 41.9. The zero-order valence-corrected chi connectivity index (χ0v) is 9.68. The lowest BCUT2D eigenvalue weighted by atomic mass is 9.56. The summed E-state index contributed by atoms with van der Waals surface area (Å²) in [4.78, 5) is 12.0. The topological polar surface area (TPSA) is 17.1 Å². The molecule has 0 aromatic rings. The van der Waals surface area contributed by atoms with E-state index in [0.29, 0.717) is 29.0 Å². The minimum atomic E-state index is 0.310. The van der Waals surface area contributed by atoms with Crippen LogP contribution in [0.5, 0.6) is 0 Å². The summed E-state index contributed by atoms with van der Waals surface area (Å²) in [6.45, 7) is 6.84. The van der Waals surface area contributed by atoms with Crippen LogP contribution in [0, 0.1) is 23.2 Å². The zero-order valence-electron chi connectivity index (χ0n) is 9.68. The molecule has 0 saturated heterocycles. The summed E-state index contributed by atoms with van der Waals surface area (Å²) in [5, 5.41) is 0. The quantitative estimate of drug-likeness (QED) is 0.577. The second-order valence-electron chi connectivity index (χ2n) is 5.99. The van der Waals surface area contributed by atoms with Crippen molar-refractivity contribution in [1.82, 2.24) is 0 Å². The fraction of sp³-hybridized carbons (Fsp3) is 0.923. The Labute approximate surface area is 87.3 Å². The molecule has 80 valence electrons. The molecular formula is C13H22O. The predicted octanol–water partition coefficient (Wildman–Crippen LogP) is 3.43. The number of hydrogen-bond acceptors (Lipinski definition) is 1. The van der Waals surface area contributed by atoms with Crippen molar-refractivity contribution in [3.05, 3.63) is 0 Å². The number of ketones is 1. The highest BCUT2D eigenvalue weighted by Crippen LogP contribution is 2.50. The number of fused-ring (bicyclic) bond motifs is 1. The highest BCUT2D eigenvalue weighted by atomic mass is 16.1. The standard InChI is InChI=1S/C13H22O/c1-9-8-13(2,3)11-7-5-4-6-10(11)12(9)14/h9-11H,4-8H2,1-3H3/t9-,10+,11+/m1/s1. The summed E-state index contributed by atoms with van der Waals surface area (Å²) in [5.74, 6) is 1.96. The van der Waals surface area contributed by atoms with Crippen molar-refractivity contribution >= 4 is 5.78 Å². The van der Waals surface area contributed by atoms with Crippen LogP contribution in [0.15, 0.2) is 0 Å². The van der Waals surface area contributed by atoms with Gasteiger partial charge in [0.25, 0.3) is 0 Å². The fourth-order valence-corrected chi connectivity index (χ4v) is 3.81. The first-order chi connectivity index (χ1) is 6.52. The van der Waals surface area contributed by atoms with Crippen LogP contribution in [-0.2, 0) is 4.79 Å². The summed E-state index contributed by atoms with van der Waals surface area (Å²) in [6.07, 6.45) is 6.17. The van der Waals surface area contributed by atoms with Gasteiger partial charge in [-0.2, -0.15) is 0 Å². The van der Waals surface area contributed by atoms with E-state index in [4.69, 9.17) is 0 Å². The highest BCUT2D eigenvalue weighted by Gasteiger charge is 2.46. The van der Waals surface area contributed by atoms with E-state index < -0.39 is 0 Å². The molecule has 0 unspecified atom stereocenters. The van der Waals surface area contributed by atoms with Gasteiger partial charge in [0, 0.05) is 11.8 Å². The molecule has 0 heterocycles. The molecular weight excluding hydrogens is 172 g/mol. The van der Waals surface area contributed by atoms with Crippen LogP contribution in [0.1, 0.15) is 52.9 Å². The summed E-state index contributed by atoms with van der Waals surface area (Å²) < 4.78 is 0. The van der Waals surface area contributed by atoms with Gasteiger partial charge in [-0.25, -0.2) is 0 Å². The van der Waals surface area contributed by atoms with Crippen LogP contribution >= 0.6 is 0 Å². The van der Waals surface area contributed by atoms with Crippen molar-refractivity contribution in [2.75, 3.05) is 0 Å². The van der Waals surface area contributed by atoms with E-state index in [2.05, 4.69) is 20.8 Å². The maximum absolute atomic E-state index is 12.0. The Kier molecular flexibility index (Phi) is 2.45. The molecule has 2 aliphatic rings. The van der Waals surface area contributed by atoms with Gasteiger partial charge >= 0.3 is 0 Å². The Balaban J connectivity index is 2.24. The lowest BCUT2D eigenvalue weighted by molar-refractivity contribution is -0.138. The monoisotopic (exact) mass is 194 g/mol. The average molecular weight is 194 g/mol. The Morgan fingerprint density at radius 3 is 2.57 bits per heavy atom. The van der Waals surface area contributed by atoms with E-state index in [1.54, 1.807) is 0 Å². The third kappa shape index (κ3) is 1.51. The van der Waals surface area contributed by atoms with Crippen LogP contribution in [-0.4, -0.2) is 5.78 Å². The molecule has 2 aliphatic carbocycles. The first kappa shape index (κ1) is 10.2. The Hall–Kier alpha value is -0.330. The number of carbonyl (C=O) groups is 1. The molecule has 0 N–H and O–H groups in total. The highest BCUT2D eigenvalue weighted by molar-refractivity contribution is 5.84. The second kappa shape index (κ2) is 3.36. The zero-order chi connectivity index (χ0) is 10.3. The van der Waals surface area contributed by atoms with Crippen LogP contribution in [0.4, 0.5) is 0 Å². The maximum Gasteiger partial charge on any atom is 0.139 e. The third-order valence-electron chi connectivity index (χ3n) is 4.45. The number of rotatable bonds is 0. The third-order valence-corrected chi connectivity index (χ3v) is 4.45. The van der Waals surface area contributed by atoms with Crippen molar-refractivity contribution in [2.24, 2.45) is 23.2 Å². The van der Waals surface area contributed by atoms with Gasteiger partial charge in [0.2, 0.25) is 0 Å². The SMILES string of the molecule is C[C@@H]1CC(C)(C)[C@H]2CCCC[C@@H]2C1=O. The van der Waals surface area contributed by atoms with Gasteiger partial charge in [-0.15, -0.1) is 0 Å². The van der Waals surface area contributed by atoms with E-state index in [-0.39, 0.29) is 0 Å². The molecule has 0 spiro atoms. The van der Waals surface area contributed by atoms with Gasteiger partial charge in [-0.1, -0.05) is 33.6 Å². The molecule has 14 heavy (non-hydrogen) atoms. The molecule has 0 radical (unpaired) electrons. The molecule has 2 saturated carbocycles. The first-order valence-electron chi connectivity index (χ1n) is 6.06. The molecule has 1 heteroatoms. The molecule has 2 fully saturated rings. The van der Waals surface area contributed by atoms with E-state index in [0.717, 1.165) is 12.8 Å². The fourth-order valence-electron chi connectivity index (χ4n) is 3.81. The van der Waals surface area contributed by atoms with Gasteiger partial charge in [-0.05, 0) is 30.6 Å². The van der Waals surface area contributed by atoms with Gasteiger partial charge in [0.1, 0.15) is 5.78 Å². The van der Waals surface area contributed by atoms with Gasteiger partial charge in [0.05, 0.1) is 0 Å². The number of hydrogen-bond donors (Lipinski definition) is 0. The maximum atomic E-state index is 12.0. The van der Waals surface area contributed by atoms with Gasteiger partial charge < -0.3 is 0 Å². The van der Waals surface area contributed by atoms with Crippen molar-refractivity contribution in [2.45, 2.75) is 52.9 Å². The Bertz CT molecular complexity index is 242. The van der Waals surface area contributed by atoms with Gasteiger partial charge in [0.15, 0.2) is 0 Å². The lowest BCUT2D eigenvalue weighted by Crippen LogP contribution is -2.45. The smallest absolute Gasteiger partial charge is 0.139 e. The summed E-state index contributed by atoms with van der Waals surface area (Å²) in [6, 6.07) is 0. The summed E-state index contributed by atoms with van der Waals surface area (Å²) in [5.41, 5.74) is 0.401. The van der Waals surface area contributed by atoms with Crippen LogP contribution in [0.2, 0.25) is 0 Å². The minimum absolute atomic E-state index is 0.310. The Morgan fingerprint density at radius 1 is 1.21 bits per heavy atom. The van der Waals surface area contributed by atoms with Crippen molar-refractivity contribution in [3.63, 3.8) is 0 Å². The molecule has 0 aliphatic heterocycles. The number of carbonyl (C=O) groups excluding carboxylic acids is 1. The molecule has 2 rings (SSSR count). The van der Waals surface area contributed by atoms with E-state index in [1.165, 1.54) is 19.3 Å². The largest absolute Gasteiger partial charge is 0.299 e. The Morgan fingerprint density at radius 2 is 1.86 bits per heavy atom. The minimum Gasteiger partial charge on any atom is -0.299 e. The predicted molar refractivity (Wildman–Crippen MR) is 58.0 cm³/mol. The van der Waals surface area contributed by atoms with Gasteiger partial charge in [-0.3, -0.25) is 4.79 Å². The first-order valence-corrected chi connectivity index (χ1v) is 6.06. The molecule has 1 nitrogen and oxygen atoms in total. The molecule has 0 aromatic carbocycles. The lowest BCUT2D eigenvalue weighted by Gasteiger charge is -2.48. The van der Waals surface area contributed by atoms with Crippen LogP contribution in [0.3, 0.4) is 0 Å². The second-order valence-corrected chi connectivity index (χ2v) is 5.99. The van der Waals surface area contributed by atoms with Crippen molar-refractivity contribution in [1.29, 1.82) is 0 Å². The summed E-state index contributed by atoms with van der Waals surface area (Å²) in [7, 11) is 0.